The Balaban J connectivity index is 1.64. The minimum Gasteiger partial charge on any atom is -0.351 e. The number of carbonyl (C=O) groups is 1. The molecule has 1 aromatic heterocycles. The number of hydrogen-bond acceptors (Lipinski definition) is 4. The van der Waals surface area contributed by atoms with Crippen LogP contribution >= 0.6 is 11.6 Å². The highest BCUT2D eigenvalue weighted by molar-refractivity contribution is 6.31. The van der Waals surface area contributed by atoms with Crippen LogP contribution in [-0.4, -0.2) is 26.1 Å². The fourth-order valence-corrected chi connectivity index (χ4v) is 3.30. The van der Waals surface area contributed by atoms with Crippen LogP contribution in [0.15, 0.2) is 42.5 Å². The number of amides is 1. The third-order valence-corrected chi connectivity index (χ3v) is 5.20. The van der Waals surface area contributed by atoms with Crippen molar-refractivity contribution in [3.05, 3.63) is 64.4 Å². The van der Waals surface area contributed by atoms with E-state index in [0.717, 1.165) is 18.4 Å². The van der Waals surface area contributed by atoms with E-state index >= 15 is 0 Å². The van der Waals surface area contributed by atoms with Crippen molar-refractivity contribution in [2.24, 2.45) is 5.41 Å². The third-order valence-electron chi connectivity index (χ3n) is 4.84. The molecule has 1 heterocycles. The number of aromatic nitrogens is 4. The molecule has 0 spiro atoms. The summed E-state index contributed by atoms with van der Waals surface area (Å²) in [6.45, 7) is 5.92. The quantitative estimate of drug-likeness (QED) is 0.575. The van der Waals surface area contributed by atoms with Gasteiger partial charge < -0.3 is 5.32 Å². The lowest BCUT2D eigenvalue weighted by molar-refractivity contribution is -0.130. The number of nitrogens with one attached hydrogen (secondary N) is 1. The Kier molecular flexibility index (Phi) is 6.82. The van der Waals surface area contributed by atoms with E-state index < -0.39 is 11.2 Å². The second kappa shape index (κ2) is 9.34. The highest BCUT2D eigenvalue weighted by Crippen LogP contribution is 2.22. The van der Waals surface area contributed by atoms with Gasteiger partial charge >= 0.3 is 0 Å². The Labute approximate surface area is 180 Å². The number of carbonyl (C=O) groups excluding carboxylic acids is 1. The summed E-state index contributed by atoms with van der Waals surface area (Å²) in [5, 5.41) is 15.6. The first-order valence-electron chi connectivity index (χ1n) is 9.88. The molecule has 2 aromatic carbocycles. The molecule has 6 nitrogen and oxygen atoms in total. The fourth-order valence-electron chi connectivity index (χ4n) is 3.07. The zero-order valence-electron chi connectivity index (χ0n) is 17.3. The molecular formula is C22H25ClFN5O. The summed E-state index contributed by atoms with van der Waals surface area (Å²) < 4.78 is 13.9. The number of halogens is 2. The maximum atomic E-state index is 13.9. The van der Waals surface area contributed by atoms with Crippen molar-refractivity contribution >= 4 is 17.5 Å². The minimum atomic E-state index is -0.833. The molecule has 1 amide bonds. The topological polar surface area (TPSA) is 72.7 Å². The molecule has 0 aliphatic heterocycles. The van der Waals surface area contributed by atoms with Gasteiger partial charge in [-0.25, -0.2) is 4.39 Å². The van der Waals surface area contributed by atoms with Gasteiger partial charge in [0.05, 0.1) is 12.0 Å². The molecule has 0 fully saturated rings. The largest absolute Gasteiger partial charge is 0.351 e. The molecule has 0 aliphatic carbocycles. The lowest BCUT2D eigenvalue weighted by Crippen LogP contribution is -2.40. The van der Waals surface area contributed by atoms with Crippen LogP contribution in [0, 0.1) is 11.2 Å². The predicted octanol–water partition coefficient (Wildman–Crippen LogP) is 4.43. The van der Waals surface area contributed by atoms with E-state index in [-0.39, 0.29) is 29.6 Å². The number of tetrazole rings is 1. The summed E-state index contributed by atoms with van der Waals surface area (Å²) in [4.78, 5) is 14.1. The maximum Gasteiger partial charge on any atom is 0.227 e. The lowest BCUT2D eigenvalue weighted by atomic mass is 9.92. The van der Waals surface area contributed by atoms with Crippen LogP contribution in [0.1, 0.15) is 38.3 Å². The Morgan fingerprint density at radius 3 is 2.60 bits per heavy atom. The number of hydrogen-bond donors (Lipinski definition) is 1. The Bertz CT molecular complexity index is 996. The van der Waals surface area contributed by atoms with Gasteiger partial charge in [0.1, 0.15) is 5.82 Å². The van der Waals surface area contributed by atoms with E-state index in [9.17, 15) is 9.18 Å². The van der Waals surface area contributed by atoms with Crippen LogP contribution in [0.3, 0.4) is 0 Å². The summed E-state index contributed by atoms with van der Waals surface area (Å²) in [6.07, 6.45) is 2.12. The van der Waals surface area contributed by atoms with Gasteiger partial charge in [-0.3, -0.25) is 4.79 Å². The number of benzene rings is 2. The molecule has 8 heteroatoms. The van der Waals surface area contributed by atoms with Gasteiger partial charge in [0.15, 0.2) is 0 Å². The molecule has 0 aliphatic rings. The molecular weight excluding hydrogens is 405 g/mol. The molecule has 0 saturated carbocycles. The first-order chi connectivity index (χ1) is 14.3. The SMILES string of the molecule is CCCc1ccc(-c2nnn(CC(C)(C)C(=O)NCc3c(F)cccc3Cl)n2)cc1. The van der Waals surface area contributed by atoms with Crippen molar-refractivity contribution in [1.82, 2.24) is 25.5 Å². The number of nitrogens with zero attached hydrogens (tertiary/aromatic N) is 4. The van der Waals surface area contributed by atoms with Crippen molar-refractivity contribution < 1.29 is 9.18 Å². The van der Waals surface area contributed by atoms with Gasteiger partial charge in [0.2, 0.25) is 11.7 Å². The van der Waals surface area contributed by atoms with Gasteiger partial charge in [-0.2, -0.15) is 4.80 Å². The van der Waals surface area contributed by atoms with Crippen molar-refractivity contribution in [3.63, 3.8) is 0 Å². The van der Waals surface area contributed by atoms with Crippen molar-refractivity contribution in [2.45, 2.75) is 46.7 Å². The van der Waals surface area contributed by atoms with Crippen molar-refractivity contribution in [1.29, 1.82) is 0 Å². The summed E-state index contributed by atoms with van der Waals surface area (Å²) >= 11 is 6.02. The molecule has 0 atom stereocenters. The van der Waals surface area contributed by atoms with Crippen LogP contribution in [-0.2, 0) is 24.3 Å². The van der Waals surface area contributed by atoms with E-state index in [1.807, 2.05) is 12.1 Å². The van der Waals surface area contributed by atoms with E-state index in [2.05, 4.69) is 39.8 Å². The Morgan fingerprint density at radius 1 is 1.20 bits per heavy atom. The summed E-state index contributed by atoms with van der Waals surface area (Å²) in [5.41, 5.74) is 1.57. The molecule has 0 radical (unpaired) electrons. The fraction of sp³-hybridized carbons (Fsp3) is 0.364. The Morgan fingerprint density at radius 2 is 1.93 bits per heavy atom. The summed E-state index contributed by atoms with van der Waals surface area (Å²) in [5.74, 6) is -0.204. The van der Waals surface area contributed by atoms with Crippen LogP contribution in [0.25, 0.3) is 11.4 Å². The summed E-state index contributed by atoms with van der Waals surface area (Å²) in [6, 6.07) is 12.5. The molecule has 0 saturated heterocycles. The molecule has 1 N–H and O–H groups in total. The zero-order chi connectivity index (χ0) is 21.7. The summed E-state index contributed by atoms with van der Waals surface area (Å²) in [7, 11) is 0. The minimum absolute atomic E-state index is 0.00785. The Hall–Kier alpha value is -2.80. The standard InChI is InChI=1S/C22H25ClFN5O/c1-4-6-15-9-11-16(12-10-15)20-26-28-29(27-20)14-22(2,3)21(30)25-13-17-18(23)7-5-8-19(17)24/h5,7-12H,4,6,13-14H2,1-3H3,(H,25,30). The highest BCUT2D eigenvalue weighted by atomic mass is 35.5. The molecule has 0 unspecified atom stereocenters. The average molecular weight is 430 g/mol. The van der Waals surface area contributed by atoms with Crippen LogP contribution in [0.2, 0.25) is 5.02 Å². The first-order valence-corrected chi connectivity index (χ1v) is 10.3. The first kappa shape index (κ1) is 21.9. The van der Waals surface area contributed by atoms with Gasteiger partial charge in [-0.15, -0.1) is 10.2 Å². The van der Waals surface area contributed by atoms with E-state index in [4.69, 9.17) is 11.6 Å². The van der Waals surface area contributed by atoms with Gasteiger partial charge in [0, 0.05) is 22.7 Å². The molecule has 158 valence electrons. The van der Waals surface area contributed by atoms with Gasteiger partial charge in [-0.05, 0) is 43.2 Å². The molecule has 0 bridgehead atoms. The smallest absolute Gasteiger partial charge is 0.227 e. The second-order valence-electron chi connectivity index (χ2n) is 7.86. The number of rotatable bonds is 8. The zero-order valence-corrected chi connectivity index (χ0v) is 18.1. The van der Waals surface area contributed by atoms with Gasteiger partial charge in [-0.1, -0.05) is 55.3 Å². The second-order valence-corrected chi connectivity index (χ2v) is 8.26. The third kappa shape index (κ3) is 5.21. The maximum absolute atomic E-state index is 13.9. The lowest BCUT2D eigenvalue weighted by Gasteiger charge is -2.22. The average Bonchev–Trinajstić information content (AvgIpc) is 3.16. The van der Waals surface area contributed by atoms with Crippen LogP contribution in [0.4, 0.5) is 4.39 Å². The predicted molar refractivity (Wildman–Crippen MR) is 114 cm³/mol. The van der Waals surface area contributed by atoms with Crippen LogP contribution < -0.4 is 5.32 Å². The molecule has 30 heavy (non-hydrogen) atoms. The van der Waals surface area contributed by atoms with Crippen molar-refractivity contribution in [3.8, 4) is 11.4 Å². The molecule has 3 rings (SSSR count). The van der Waals surface area contributed by atoms with Crippen LogP contribution in [0.5, 0.6) is 0 Å². The van der Waals surface area contributed by atoms with E-state index in [1.165, 1.54) is 22.5 Å². The molecule has 3 aromatic rings. The highest BCUT2D eigenvalue weighted by Gasteiger charge is 2.29. The van der Waals surface area contributed by atoms with E-state index in [1.54, 1.807) is 19.9 Å². The normalized spacial score (nSPS) is 11.5. The van der Waals surface area contributed by atoms with E-state index in [0.29, 0.717) is 5.82 Å². The number of aryl methyl sites for hydroxylation is 1. The monoisotopic (exact) mass is 429 g/mol. The van der Waals surface area contributed by atoms with Crippen molar-refractivity contribution in [2.75, 3.05) is 0 Å². The van der Waals surface area contributed by atoms with Gasteiger partial charge in [0.25, 0.3) is 0 Å².